The summed E-state index contributed by atoms with van der Waals surface area (Å²) < 4.78 is 16.0. The van der Waals surface area contributed by atoms with Crippen molar-refractivity contribution in [2.45, 2.75) is 32.7 Å². The monoisotopic (exact) mass is 394 g/mol. The summed E-state index contributed by atoms with van der Waals surface area (Å²) in [6.07, 6.45) is 0. The largest absolute Gasteiger partial charge is 0.454 e. The van der Waals surface area contributed by atoms with Gasteiger partial charge in [0.1, 0.15) is 0 Å². The quantitative estimate of drug-likeness (QED) is 0.662. The number of benzene rings is 2. The smallest absolute Gasteiger partial charge is 0.319 e. The average molecular weight is 394 g/mol. The van der Waals surface area contributed by atoms with Crippen molar-refractivity contribution >= 4 is 11.7 Å². The molecule has 0 saturated heterocycles. The first-order valence-corrected chi connectivity index (χ1v) is 9.40. The van der Waals surface area contributed by atoms with E-state index in [9.17, 15) is 4.79 Å². The fraction of sp³-hybridized carbons (Fsp3) is 0.286. The van der Waals surface area contributed by atoms with Crippen LogP contribution in [0.25, 0.3) is 11.5 Å². The number of carbonyl (C=O) groups excluding carboxylic acids is 1. The second-order valence-electron chi connectivity index (χ2n) is 7.12. The predicted molar refractivity (Wildman–Crippen MR) is 107 cm³/mol. The fourth-order valence-electron chi connectivity index (χ4n) is 2.91. The van der Waals surface area contributed by atoms with E-state index in [0.29, 0.717) is 28.9 Å². The molecule has 2 amide bonds. The highest BCUT2D eigenvalue weighted by atomic mass is 16.7. The molecule has 2 aromatic carbocycles. The van der Waals surface area contributed by atoms with Crippen LogP contribution in [0.3, 0.4) is 0 Å². The second kappa shape index (κ2) is 7.83. The Morgan fingerprint density at radius 2 is 1.79 bits per heavy atom. The van der Waals surface area contributed by atoms with Gasteiger partial charge in [-0.25, -0.2) is 4.79 Å². The lowest BCUT2D eigenvalue weighted by Gasteiger charge is -2.15. The summed E-state index contributed by atoms with van der Waals surface area (Å²) in [4.78, 5) is 16.7. The number of anilines is 1. The van der Waals surface area contributed by atoms with E-state index in [1.165, 1.54) is 0 Å². The minimum Gasteiger partial charge on any atom is -0.454 e. The van der Waals surface area contributed by atoms with Crippen LogP contribution >= 0.6 is 0 Å². The lowest BCUT2D eigenvalue weighted by atomic mass is 10.1. The standard InChI is InChI=1S/C21H22N4O4/c1-12(2)19-24-20(29-25-19)14-4-7-16(8-5-14)23-21(26)22-13(3)15-6-9-17-18(10-15)28-11-27-17/h4-10,12-13H,11H2,1-3H3,(H2,22,23,26). The lowest BCUT2D eigenvalue weighted by Crippen LogP contribution is -2.31. The average Bonchev–Trinajstić information content (AvgIpc) is 3.37. The molecule has 4 rings (SSSR count). The van der Waals surface area contributed by atoms with Crippen molar-refractivity contribution in [1.82, 2.24) is 15.5 Å². The van der Waals surface area contributed by atoms with Crippen molar-refractivity contribution in [1.29, 1.82) is 0 Å². The third-order valence-corrected chi connectivity index (χ3v) is 4.59. The van der Waals surface area contributed by atoms with E-state index in [2.05, 4.69) is 20.8 Å². The van der Waals surface area contributed by atoms with Gasteiger partial charge in [-0.05, 0) is 48.9 Å². The summed E-state index contributed by atoms with van der Waals surface area (Å²) in [5.41, 5.74) is 2.38. The molecule has 1 atom stereocenters. The first kappa shape index (κ1) is 18.8. The second-order valence-corrected chi connectivity index (χ2v) is 7.12. The van der Waals surface area contributed by atoms with Crippen LogP contribution in [0.15, 0.2) is 47.0 Å². The van der Waals surface area contributed by atoms with Crippen LogP contribution in [0.2, 0.25) is 0 Å². The van der Waals surface area contributed by atoms with Crippen molar-refractivity contribution in [2.24, 2.45) is 0 Å². The van der Waals surface area contributed by atoms with E-state index >= 15 is 0 Å². The van der Waals surface area contributed by atoms with Gasteiger partial charge in [-0.3, -0.25) is 0 Å². The molecule has 0 saturated carbocycles. The van der Waals surface area contributed by atoms with E-state index in [1.54, 1.807) is 12.1 Å². The van der Waals surface area contributed by atoms with Gasteiger partial charge >= 0.3 is 6.03 Å². The van der Waals surface area contributed by atoms with Gasteiger partial charge in [0.15, 0.2) is 17.3 Å². The molecule has 1 unspecified atom stereocenters. The number of hydrogen-bond acceptors (Lipinski definition) is 6. The summed E-state index contributed by atoms with van der Waals surface area (Å²) in [7, 11) is 0. The zero-order valence-electron chi connectivity index (χ0n) is 16.4. The van der Waals surface area contributed by atoms with Crippen LogP contribution in [0.1, 0.15) is 44.1 Å². The number of aromatic nitrogens is 2. The van der Waals surface area contributed by atoms with Crippen molar-refractivity contribution in [3.05, 3.63) is 53.9 Å². The number of carbonyl (C=O) groups is 1. The Bertz CT molecular complexity index is 1010. The third kappa shape index (κ3) is 4.16. The maximum absolute atomic E-state index is 12.3. The molecular formula is C21H22N4O4. The van der Waals surface area contributed by atoms with Gasteiger partial charge in [-0.1, -0.05) is 25.1 Å². The molecule has 29 heavy (non-hydrogen) atoms. The SMILES string of the molecule is CC(C)c1noc(-c2ccc(NC(=O)NC(C)c3ccc4c(c3)OCO4)cc2)n1. The molecule has 1 aliphatic heterocycles. The minimum atomic E-state index is -0.303. The zero-order valence-corrected chi connectivity index (χ0v) is 16.4. The van der Waals surface area contributed by atoms with E-state index in [1.807, 2.05) is 51.1 Å². The molecule has 2 heterocycles. The topological polar surface area (TPSA) is 98.5 Å². The summed E-state index contributed by atoms with van der Waals surface area (Å²) in [6, 6.07) is 12.4. The summed E-state index contributed by atoms with van der Waals surface area (Å²) in [5, 5.41) is 9.70. The number of hydrogen-bond donors (Lipinski definition) is 2. The number of nitrogens with zero attached hydrogens (tertiary/aromatic N) is 2. The highest BCUT2D eigenvalue weighted by molar-refractivity contribution is 5.89. The number of urea groups is 1. The molecule has 3 aromatic rings. The van der Waals surface area contributed by atoms with Crippen molar-refractivity contribution in [2.75, 3.05) is 12.1 Å². The molecule has 0 spiro atoms. The molecule has 0 bridgehead atoms. The van der Waals surface area contributed by atoms with Gasteiger partial charge in [0.25, 0.3) is 5.89 Å². The third-order valence-electron chi connectivity index (χ3n) is 4.59. The van der Waals surface area contributed by atoms with E-state index in [0.717, 1.165) is 11.1 Å². The Morgan fingerprint density at radius 3 is 2.52 bits per heavy atom. The number of fused-ring (bicyclic) bond motifs is 1. The Morgan fingerprint density at radius 1 is 1.03 bits per heavy atom. The van der Waals surface area contributed by atoms with Gasteiger partial charge in [-0.2, -0.15) is 4.98 Å². The molecule has 150 valence electrons. The molecule has 2 N–H and O–H groups in total. The van der Waals surface area contributed by atoms with Crippen molar-refractivity contribution in [3.8, 4) is 23.0 Å². The maximum atomic E-state index is 12.3. The highest BCUT2D eigenvalue weighted by Crippen LogP contribution is 2.34. The Labute approximate surface area is 168 Å². The van der Waals surface area contributed by atoms with Gasteiger partial charge < -0.3 is 24.6 Å². The normalized spacial score (nSPS) is 13.4. The molecule has 0 fully saturated rings. The van der Waals surface area contributed by atoms with E-state index < -0.39 is 0 Å². The van der Waals surface area contributed by atoms with E-state index in [-0.39, 0.29) is 24.8 Å². The van der Waals surface area contributed by atoms with Crippen LogP contribution in [0.5, 0.6) is 11.5 Å². The van der Waals surface area contributed by atoms with Crippen LogP contribution in [-0.4, -0.2) is 23.0 Å². The number of nitrogens with one attached hydrogen (secondary N) is 2. The van der Waals surface area contributed by atoms with Gasteiger partial charge in [-0.15, -0.1) is 0 Å². The highest BCUT2D eigenvalue weighted by Gasteiger charge is 2.17. The predicted octanol–water partition coefficient (Wildman–Crippen LogP) is 4.47. The van der Waals surface area contributed by atoms with Crippen LogP contribution in [0.4, 0.5) is 10.5 Å². The minimum absolute atomic E-state index is 0.198. The van der Waals surface area contributed by atoms with Gasteiger partial charge in [0, 0.05) is 17.2 Å². The molecular weight excluding hydrogens is 372 g/mol. The number of rotatable bonds is 5. The Kier molecular flexibility index (Phi) is 5.07. The number of amides is 2. The van der Waals surface area contributed by atoms with Crippen molar-refractivity contribution < 1.29 is 18.8 Å². The van der Waals surface area contributed by atoms with Crippen LogP contribution in [-0.2, 0) is 0 Å². The first-order valence-electron chi connectivity index (χ1n) is 9.40. The van der Waals surface area contributed by atoms with E-state index in [4.69, 9.17) is 14.0 Å². The van der Waals surface area contributed by atoms with Crippen LogP contribution in [0, 0.1) is 0 Å². The lowest BCUT2D eigenvalue weighted by molar-refractivity contribution is 0.174. The van der Waals surface area contributed by atoms with Gasteiger partial charge in [0.05, 0.1) is 6.04 Å². The number of ether oxygens (including phenoxy) is 2. The van der Waals surface area contributed by atoms with Crippen LogP contribution < -0.4 is 20.1 Å². The summed E-state index contributed by atoms with van der Waals surface area (Å²) in [5.74, 6) is 2.73. The molecule has 8 nitrogen and oxygen atoms in total. The first-order chi connectivity index (χ1) is 14.0. The van der Waals surface area contributed by atoms with Crippen molar-refractivity contribution in [3.63, 3.8) is 0 Å². The van der Waals surface area contributed by atoms with Gasteiger partial charge in [0.2, 0.25) is 6.79 Å². The summed E-state index contributed by atoms with van der Waals surface area (Å²) >= 11 is 0. The summed E-state index contributed by atoms with van der Waals surface area (Å²) in [6.45, 7) is 6.14. The Balaban J connectivity index is 1.36. The Hall–Kier alpha value is -3.55. The molecule has 0 radical (unpaired) electrons. The molecule has 1 aliphatic rings. The fourth-order valence-corrected chi connectivity index (χ4v) is 2.91. The zero-order chi connectivity index (χ0) is 20.4. The molecule has 0 aliphatic carbocycles. The maximum Gasteiger partial charge on any atom is 0.319 e. The molecule has 8 heteroatoms. The molecule has 1 aromatic heterocycles.